The summed E-state index contributed by atoms with van der Waals surface area (Å²) < 4.78 is 6.53. The Balaban J connectivity index is 2.05. The van der Waals surface area contributed by atoms with Crippen molar-refractivity contribution >= 4 is 32.7 Å². The van der Waals surface area contributed by atoms with Gasteiger partial charge in [-0.25, -0.2) is 0 Å². The first-order valence-corrected chi connectivity index (χ1v) is 6.80. The number of rotatable bonds is 1. The molecule has 5 heteroatoms. The zero-order valence-electron chi connectivity index (χ0n) is 10.1. The molecule has 3 heterocycles. The van der Waals surface area contributed by atoms with E-state index in [0.717, 1.165) is 40.9 Å². The Morgan fingerprint density at radius 2 is 2.33 bits per heavy atom. The fourth-order valence-electron chi connectivity index (χ4n) is 2.28. The molecule has 1 unspecified atom stereocenters. The number of pyridine rings is 2. The minimum atomic E-state index is 0.261. The van der Waals surface area contributed by atoms with E-state index < -0.39 is 0 Å². The van der Waals surface area contributed by atoms with Gasteiger partial charge < -0.3 is 9.64 Å². The Morgan fingerprint density at radius 3 is 3.17 bits per heavy atom. The lowest BCUT2D eigenvalue weighted by Crippen LogP contribution is -2.41. The summed E-state index contributed by atoms with van der Waals surface area (Å²) in [5.41, 5.74) is 3.01. The van der Waals surface area contributed by atoms with Crippen molar-refractivity contribution in [2.75, 3.05) is 24.6 Å². The topological polar surface area (TPSA) is 38.2 Å². The summed E-state index contributed by atoms with van der Waals surface area (Å²) in [5, 5.41) is 0. The van der Waals surface area contributed by atoms with E-state index >= 15 is 0 Å². The molecular formula is C13H14BrN3O. The molecule has 4 nitrogen and oxygen atoms in total. The van der Waals surface area contributed by atoms with Crippen molar-refractivity contribution in [3.8, 4) is 0 Å². The van der Waals surface area contributed by atoms with E-state index in [1.807, 2.05) is 24.5 Å². The first-order valence-electron chi connectivity index (χ1n) is 6.01. The summed E-state index contributed by atoms with van der Waals surface area (Å²) in [4.78, 5) is 11.2. The molecule has 0 aliphatic carbocycles. The van der Waals surface area contributed by atoms with Crippen LogP contribution < -0.4 is 4.90 Å². The molecule has 0 saturated carbocycles. The highest BCUT2D eigenvalue weighted by Gasteiger charge is 2.19. The van der Waals surface area contributed by atoms with E-state index in [1.54, 1.807) is 0 Å². The fourth-order valence-corrected chi connectivity index (χ4v) is 2.60. The van der Waals surface area contributed by atoms with Crippen LogP contribution >= 0.6 is 15.9 Å². The van der Waals surface area contributed by atoms with Crippen LogP contribution in [-0.4, -0.2) is 35.8 Å². The molecule has 0 N–H and O–H groups in total. The number of fused-ring (bicyclic) bond motifs is 1. The number of ether oxygens (including phenoxy) is 1. The molecule has 1 fully saturated rings. The molecule has 0 aromatic carbocycles. The zero-order chi connectivity index (χ0) is 12.5. The van der Waals surface area contributed by atoms with Crippen molar-refractivity contribution in [1.82, 2.24) is 9.97 Å². The number of morpholine rings is 1. The predicted molar refractivity (Wildman–Crippen MR) is 74.9 cm³/mol. The Hall–Kier alpha value is -1.20. The average Bonchev–Trinajstić information content (AvgIpc) is 2.37. The molecule has 2 aromatic heterocycles. The van der Waals surface area contributed by atoms with Gasteiger partial charge in [0.1, 0.15) is 5.52 Å². The molecule has 0 radical (unpaired) electrons. The Kier molecular flexibility index (Phi) is 3.18. The van der Waals surface area contributed by atoms with E-state index in [0.29, 0.717) is 0 Å². The molecule has 1 aliphatic rings. The third-order valence-electron chi connectivity index (χ3n) is 3.10. The second-order valence-electron chi connectivity index (χ2n) is 4.48. The van der Waals surface area contributed by atoms with Crippen LogP contribution in [0.2, 0.25) is 0 Å². The fraction of sp³-hybridized carbons (Fsp3) is 0.385. The van der Waals surface area contributed by atoms with Gasteiger partial charge in [0.25, 0.3) is 0 Å². The van der Waals surface area contributed by atoms with Crippen molar-refractivity contribution in [3.05, 3.63) is 29.0 Å². The average molecular weight is 308 g/mol. The summed E-state index contributed by atoms with van der Waals surface area (Å²) in [5.74, 6) is 0. The van der Waals surface area contributed by atoms with E-state index in [-0.39, 0.29) is 6.10 Å². The van der Waals surface area contributed by atoms with Crippen molar-refractivity contribution in [1.29, 1.82) is 0 Å². The number of hydrogen-bond donors (Lipinski definition) is 0. The van der Waals surface area contributed by atoms with Crippen LogP contribution in [0.4, 0.5) is 5.69 Å². The summed E-state index contributed by atoms with van der Waals surface area (Å²) in [6.07, 6.45) is 3.92. The summed E-state index contributed by atoms with van der Waals surface area (Å²) in [7, 11) is 0. The second-order valence-corrected chi connectivity index (χ2v) is 5.39. The third kappa shape index (κ3) is 2.20. The maximum Gasteiger partial charge on any atom is 0.112 e. The molecule has 0 amide bonds. The highest BCUT2D eigenvalue weighted by molar-refractivity contribution is 9.10. The Bertz CT molecular complexity index is 575. The lowest BCUT2D eigenvalue weighted by Gasteiger charge is -2.33. The van der Waals surface area contributed by atoms with Gasteiger partial charge >= 0.3 is 0 Å². The minimum Gasteiger partial charge on any atom is -0.375 e. The van der Waals surface area contributed by atoms with E-state index in [9.17, 15) is 0 Å². The first-order chi connectivity index (χ1) is 8.74. The molecular weight excluding hydrogens is 294 g/mol. The largest absolute Gasteiger partial charge is 0.375 e. The van der Waals surface area contributed by atoms with Crippen LogP contribution in [0.1, 0.15) is 6.92 Å². The van der Waals surface area contributed by atoms with Gasteiger partial charge in [0.2, 0.25) is 0 Å². The third-order valence-corrected chi connectivity index (χ3v) is 3.54. The van der Waals surface area contributed by atoms with Crippen LogP contribution in [0.25, 0.3) is 11.0 Å². The van der Waals surface area contributed by atoms with Gasteiger partial charge in [0.15, 0.2) is 0 Å². The quantitative estimate of drug-likeness (QED) is 0.812. The molecule has 2 aromatic rings. The van der Waals surface area contributed by atoms with Crippen LogP contribution in [0.15, 0.2) is 29.0 Å². The second kappa shape index (κ2) is 4.82. The van der Waals surface area contributed by atoms with Gasteiger partial charge in [-0.05, 0) is 35.0 Å². The highest BCUT2D eigenvalue weighted by atomic mass is 79.9. The van der Waals surface area contributed by atoms with E-state index in [1.165, 1.54) is 0 Å². The number of hydrogen-bond acceptors (Lipinski definition) is 4. The Morgan fingerprint density at radius 1 is 1.44 bits per heavy atom. The zero-order valence-corrected chi connectivity index (χ0v) is 11.7. The SMILES string of the molecule is CC1CN(c2ccnc3cc(Br)cnc23)CCO1. The number of aromatic nitrogens is 2. The normalized spacial score (nSPS) is 20.3. The summed E-state index contributed by atoms with van der Waals surface area (Å²) in [6.45, 7) is 4.67. The molecule has 1 atom stereocenters. The summed E-state index contributed by atoms with van der Waals surface area (Å²) in [6, 6.07) is 4.02. The van der Waals surface area contributed by atoms with E-state index in [4.69, 9.17) is 4.74 Å². The highest BCUT2D eigenvalue weighted by Crippen LogP contribution is 2.26. The van der Waals surface area contributed by atoms with Crippen LogP contribution in [-0.2, 0) is 4.74 Å². The van der Waals surface area contributed by atoms with Crippen molar-refractivity contribution < 1.29 is 4.74 Å². The van der Waals surface area contributed by atoms with Gasteiger partial charge in [-0.3, -0.25) is 9.97 Å². The molecule has 3 rings (SSSR count). The first kappa shape index (κ1) is 11.9. The Labute approximate surface area is 114 Å². The maximum atomic E-state index is 5.58. The smallest absolute Gasteiger partial charge is 0.112 e. The number of anilines is 1. The van der Waals surface area contributed by atoms with Crippen LogP contribution in [0.3, 0.4) is 0 Å². The van der Waals surface area contributed by atoms with Crippen molar-refractivity contribution in [3.63, 3.8) is 0 Å². The van der Waals surface area contributed by atoms with Crippen molar-refractivity contribution in [2.45, 2.75) is 13.0 Å². The molecule has 0 spiro atoms. The number of nitrogens with zero attached hydrogens (tertiary/aromatic N) is 3. The predicted octanol–water partition coefficient (Wildman–Crippen LogP) is 2.62. The van der Waals surface area contributed by atoms with E-state index in [2.05, 4.69) is 37.7 Å². The number of halogens is 1. The van der Waals surface area contributed by atoms with Gasteiger partial charge in [0, 0.05) is 30.0 Å². The van der Waals surface area contributed by atoms with Crippen molar-refractivity contribution in [2.24, 2.45) is 0 Å². The summed E-state index contributed by atoms with van der Waals surface area (Å²) >= 11 is 3.43. The van der Waals surface area contributed by atoms with Gasteiger partial charge in [-0.1, -0.05) is 0 Å². The molecule has 1 saturated heterocycles. The van der Waals surface area contributed by atoms with Crippen LogP contribution in [0, 0.1) is 0 Å². The van der Waals surface area contributed by atoms with Gasteiger partial charge in [0.05, 0.1) is 23.9 Å². The standard InChI is InChI=1S/C13H14BrN3O/c1-9-8-17(4-5-18-9)12-2-3-15-11-6-10(14)7-16-13(11)12/h2-3,6-7,9H,4-5,8H2,1H3. The van der Waals surface area contributed by atoms with Crippen LogP contribution in [0.5, 0.6) is 0 Å². The molecule has 94 valence electrons. The molecule has 18 heavy (non-hydrogen) atoms. The van der Waals surface area contributed by atoms with Gasteiger partial charge in [-0.2, -0.15) is 0 Å². The molecule has 0 bridgehead atoms. The van der Waals surface area contributed by atoms with Gasteiger partial charge in [-0.15, -0.1) is 0 Å². The lowest BCUT2D eigenvalue weighted by atomic mass is 10.2. The monoisotopic (exact) mass is 307 g/mol. The minimum absolute atomic E-state index is 0.261. The maximum absolute atomic E-state index is 5.58. The lowest BCUT2D eigenvalue weighted by molar-refractivity contribution is 0.0533. The molecule has 1 aliphatic heterocycles.